The molecule has 0 saturated carbocycles. The fraction of sp³-hybridized carbons (Fsp3) is 0. The Balaban J connectivity index is 0.000000152. The number of benzene rings is 3. The number of allylic oxidation sites excluding steroid dienone is 6. The van der Waals surface area contributed by atoms with Crippen LogP contribution in [0, 0.1) is 18.1 Å². The standard InChI is InChI=1S/3C11H10N.Pd/c3*1-2-6-10(7-3-1)11-8-4-5-9-12-11;/h3*1-9,12H;/q3*-1;. The minimum Gasteiger partial charge on any atom is -0.402 e. The molecule has 3 heterocycles. The Bertz CT molecular complexity index is 1060. The molecule has 37 heavy (non-hydrogen) atoms. The smallest absolute Gasteiger partial charge is 0 e. The van der Waals surface area contributed by atoms with Crippen LogP contribution < -0.4 is 16.0 Å². The van der Waals surface area contributed by atoms with Crippen LogP contribution in [0.1, 0.15) is 16.7 Å². The van der Waals surface area contributed by atoms with Crippen LogP contribution in [0.2, 0.25) is 0 Å². The van der Waals surface area contributed by atoms with Crippen molar-refractivity contribution in [2.24, 2.45) is 0 Å². The van der Waals surface area contributed by atoms with E-state index < -0.39 is 0 Å². The van der Waals surface area contributed by atoms with Crippen LogP contribution in [0.15, 0.2) is 164 Å². The fourth-order valence-corrected chi connectivity index (χ4v) is 3.57. The summed E-state index contributed by atoms with van der Waals surface area (Å²) in [5.74, 6) is 0. The van der Waals surface area contributed by atoms with Crippen LogP contribution in [0.3, 0.4) is 0 Å². The summed E-state index contributed by atoms with van der Waals surface area (Å²) in [6, 6.07) is 34.3. The molecule has 190 valence electrons. The average Bonchev–Trinajstić information content (AvgIpc) is 3.01. The van der Waals surface area contributed by atoms with Crippen LogP contribution in [0.25, 0.3) is 0 Å². The molecule has 6 rings (SSSR count). The Hall–Kier alpha value is -4.23. The minimum absolute atomic E-state index is 0. The molecule has 0 spiro atoms. The van der Waals surface area contributed by atoms with Gasteiger partial charge in [-0.05, 0) is 36.7 Å². The number of hydrogen-bond donors (Lipinski definition) is 3. The van der Waals surface area contributed by atoms with E-state index in [0.717, 1.165) is 18.1 Å². The van der Waals surface area contributed by atoms with E-state index in [0.29, 0.717) is 0 Å². The van der Waals surface area contributed by atoms with Crippen molar-refractivity contribution in [3.8, 4) is 0 Å². The summed E-state index contributed by atoms with van der Waals surface area (Å²) in [5.41, 5.74) is 3.66. The van der Waals surface area contributed by atoms with Gasteiger partial charge in [-0.3, -0.25) is 0 Å². The Morgan fingerprint density at radius 2 is 0.622 bits per heavy atom. The van der Waals surface area contributed by atoms with Gasteiger partial charge in [0, 0.05) is 20.4 Å². The molecule has 0 amide bonds. The van der Waals surface area contributed by atoms with Crippen molar-refractivity contribution in [1.82, 2.24) is 16.0 Å². The van der Waals surface area contributed by atoms with Gasteiger partial charge in [0.2, 0.25) is 0 Å². The second-order valence-electron chi connectivity index (χ2n) is 7.93. The molecular weight excluding hydrogens is 545 g/mol. The first kappa shape index (κ1) is 27.4. The molecule has 0 saturated heterocycles. The largest absolute Gasteiger partial charge is 0.402 e. The molecule has 3 aliphatic rings. The van der Waals surface area contributed by atoms with Gasteiger partial charge in [0.1, 0.15) is 0 Å². The quantitative estimate of drug-likeness (QED) is 0.240. The van der Waals surface area contributed by atoms with Gasteiger partial charge in [-0.25, -0.2) is 0 Å². The molecule has 0 aliphatic carbocycles. The van der Waals surface area contributed by atoms with E-state index in [4.69, 9.17) is 0 Å². The van der Waals surface area contributed by atoms with E-state index in [2.05, 4.69) is 70.6 Å². The zero-order valence-corrected chi connectivity index (χ0v) is 22.0. The normalized spacial score (nSPS) is 14.1. The van der Waals surface area contributed by atoms with E-state index in [-0.39, 0.29) is 20.4 Å². The zero-order chi connectivity index (χ0) is 24.7. The van der Waals surface area contributed by atoms with E-state index in [9.17, 15) is 0 Å². The summed E-state index contributed by atoms with van der Waals surface area (Å²) in [6.07, 6.45) is 24.0. The van der Waals surface area contributed by atoms with Crippen LogP contribution >= 0.6 is 0 Å². The van der Waals surface area contributed by atoms with Crippen molar-refractivity contribution in [2.45, 2.75) is 0 Å². The maximum atomic E-state index is 3.18. The molecule has 3 aliphatic heterocycles. The first-order valence-corrected chi connectivity index (χ1v) is 12.0. The third-order valence-corrected chi connectivity index (χ3v) is 5.38. The van der Waals surface area contributed by atoms with E-state index in [1.807, 2.05) is 110 Å². The summed E-state index contributed by atoms with van der Waals surface area (Å²) in [7, 11) is 0. The fourth-order valence-electron chi connectivity index (χ4n) is 3.57. The molecule has 3 N–H and O–H groups in total. The number of hydrogen-bond acceptors (Lipinski definition) is 3. The van der Waals surface area contributed by atoms with E-state index >= 15 is 0 Å². The molecular formula is C33H30N3Pd-3. The van der Waals surface area contributed by atoms with Gasteiger partial charge in [-0.2, -0.15) is 0 Å². The van der Waals surface area contributed by atoms with Crippen LogP contribution in [-0.4, -0.2) is 0 Å². The summed E-state index contributed by atoms with van der Waals surface area (Å²) in [6.45, 7) is 0. The zero-order valence-electron chi connectivity index (χ0n) is 20.4. The summed E-state index contributed by atoms with van der Waals surface area (Å²) >= 11 is 0. The van der Waals surface area contributed by atoms with Gasteiger partial charge in [-0.1, -0.05) is 36.4 Å². The van der Waals surface area contributed by atoms with Crippen molar-refractivity contribution < 1.29 is 20.4 Å². The molecule has 3 aromatic carbocycles. The number of rotatable bonds is 3. The molecule has 0 unspecified atom stereocenters. The average molecular weight is 575 g/mol. The summed E-state index contributed by atoms with van der Waals surface area (Å²) < 4.78 is 0. The van der Waals surface area contributed by atoms with Gasteiger partial charge in [0.05, 0.1) is 0 Å². The van der Waals surface area contributed by atoms with Gasteiger partial charge in [0.15, 0.2) is 0 Å². The van der Waals surface area contributed by atoms with Crippen LogP contribution in [0.4, 0.5) is 0 Å². The Labute approximate surface area is 234 Å². The van der Waals surface area contributed by atoms with E-state index in [1.165, 1.54) is 16.7 Å². The van der Waals surface area contributed by atoms with Gasteiger partial charge < -0.3 is 16.0 Å². The molecule has 3 aromatic rings. The monoisotopic (exact) mass is 574 g/mol. The first-order valence-electron chi connectivity index (χ1n) is 12.0. The Morgan fingerprint density at radius 1 is 0.351 bits per heavy atom. The number of nitrogens with one attached hydrogen (secondary N) is 3. The molecule has 3 nitrogen and oxygen atoms in total. The van der Waals surface area contributed by atoms with Crippen LogP contribution in [0.5, 0.6) is 0 Å². The van der Waals surface area contributed by atoms with Crippen molar-refractivity contribution in [1.29, 1.82) is 0 Å². The Morgan fingerprint density at radius 3 is 0.838 bits per heavy atom. The Kier molecular flexibility index (Phi) is 11.6. The molecule has 0 radical (unpaired) electrons. The summed E-state index contributed by atoms with van der Waals surface area (Å²) in [4.78, 5) is 0. The predicted octanol–water partition coefficient (Wildman–Crippen LogP) is 6.72. The topological polar surface area (TPSA) is 36.1 Å². The van der Waals surface area contributed by atoms with E-state index in [1.54, 1.807) is 0 Å². The molecule has 0 bridgehead atoms. The summed E-state index contributed by atoms with van der Waals surface area (Å²) in [5, 5.41) is 9.55. The molecule has 4 heteroatoms. The maximum Gasteiger partial charge on any atom is 0 e. The van der Waals surface area contributed by atoms with Gasteiger partial charge in [0.25, 0.3) is 0 Å². The second kappa shape index (κ2) is 15.7. The maximum absolute atomic E-state index is 3.18. The first-order chi connectivity index (χ1) is 17.9. The minimum atomic E-state index is 0. The number of dihydropyridines is 3. The third-order valence-electron chi connectivity index (χ3n) is 5.38. The van der Waals surface area contributed by atoms with Crippen molar-refractivity contribution in [3.05, 3.63) is 199 Å². The molecule has 0 atom stereocenters. The van der Waals surface area contributed by atoms with Crippen LogP contribution in [-0.2, 0) is 20.4 Å². The van der Waals surface area contributed by atoms with Gasteiger partial charge >= 0.3 is 0 Å². The van der Waals surface area contributed by atoms with Crippen molar-refractivity contribution >= 4 is 0 Å². The second-order valence-corrected chi connectivity index (χ2v) is 7.93. The molecule has 0 aromatic heterocycles. The predicted molar refractivity (Wildman–Crippen MR) is 151 cm³/mol. The third kappa shape index (κ3) is 9.05. The van der Waals surface area contributed by atoms with Crippen molar-refractivity contribution in [3.63, 3.8) is 0 Å². The SMILES string of the molecule is C1=CN[C-](c2ccccc2)C=C1.C1=CN[C-](c2ccccc2)C=C1.C1=CN[C-](c2ccccc2)C=C1.[Pd]. The van der Waals surface area contributed by atoms with Gasteiger partial charge in [-0.15, -0.1) is 126 Å². The van der Waals surface area contributed by atoms with Crippen molar-refractivity contribution in [2.75, 3.05) is 0 Å². The molecule has 0 fully saturated rings.